The Hall–Kier alpha value is -2.56. The fourth-order valence-electron chi connectivity index (χ4n) is 2.56. The number of benzene rings is 1. The van der Waals surface area contributed by atoms with Gasteiger partial charge in [-0.2, -0.15) is 0 Å². The van der Waals surface area contributed by atoms with Crippen LogP contribution in [0.3, 0.4) is 0 Å². The van der Waals surface area contributed by atoms with Gasteiger partial charge in [0.25, 0.3) is 11.5 Å². The van der Waals surface area contributed by atoms with E-state index in [9.17, 15) is 9.59 Å². The van der Waals surface area contributed by atoms with Gasteiger partial charge in [0.2, 0.25) is 0 Å². The molecule has 5 nitrogen and oxygen atoms in total. The minimum absolute atomic E-state index is 0.211. The monoisotopic (exact) mass is 269 g/mol. The van der Waals surface area contributed by atoms with Crippen LogP contribution in [-0.4, -0.2) is 15.5 Å². The Labute approximate surface area is 115 Å². The van der Waals surface area contributed by atoms with E-state index >= 15 is 0 Å². The molecule has 2 N–H and O–H groups in total. The Kier molecular flexibility index (Phi) is 2.64. The Morgan fingerprint density at radius 1 is 1.30 bits per heavy atom. The third-order valence-corrected chi connectivity index (χ3v) is 3.54. The third-order valence-electron chi connectivity index (χ3n) is 3.54. The predicted octanol–water partition coefficient (Wildman–Crippen LogP) is 0.0661. The molecule has 2 heterocycles. The summed E-state index contributed by atoms with van der Waals surface area (Å²) in [6.45, 7) is 8.14. The third kappa shape index (κ3) is 1.63. The largest absolute Gasteiger partial charge is 0.337 e. The first-order valence-electron chi connectivity index (χ1n) is 6.47. The molecular formula is C15H15N3O2. The summed E-state index contributed by atoms with van der Waals surface area (Å²) in [5.41, 5.74) is 3.22. The van der Waals surface area contributed by atoms with Crippen molar-refractivity contribution in [2.45, 2.75) is 20.4 Å². The molecule has 0 radical (unpaired) electrons. The van der Waals surface area contributed by atoms with E-state index in [1.165, 1.54) is 4.57 Å². The summed E-state index contributed by atoms with van der Waals surface area (Å²) < 4.78 is 1.52. The number of carbonyl (C=O) groups excluding carboxylic acids is 1. The first-order valence-corrected chi connectivity index (χ1v) is 6.47. The van der Waals surface area contributed by atoms with Crippen molar-refractivity contribution in [2.24, 2.45) is 0 Å². The van der Waals surface area contributed by atoms with Gasteiger partial charge in [0.05, 0.1) is 5.57 Å². The molecule has 1 aromatic carbocycles. The lowest BCUT2D eigenvalue weighted by molar-refractivity contribution is -0.110. The van der Waals surface area contributed by atoms with Gasteiger partial charge >= 0.3 is 0 Å². The molecule has 5 heteroatoms. The Balaban J connectivity index is 2.45. The lowest BCUT2D eigenvalue weighted by Gasteiger charge is -1.98. The maximum absolute atomic E-state index is 12.3. The van der Waals surface area contributed by atoms with Crippen LogP contribution in [0.5, 0.6) is 0 Å². The minimum Gasteiger partial charge on any atom is -0.337 e. The highest BCUT2D eigenvalue weighted by Crippen LogP contribution is 2.30. The summed E-state index contributed by atoms with van der Waals surface area (Å²) >= 11 is 0. The van der Waals surface area contributed by atoms with Crippen LogP contribution in [0, 0.1) is 6.92 Å². The number of anilines is 1. The summed E-state index contributed by atoms with van der Waals surface area (Å²) in [6.07, 6.45) is 0. The normalized spacial score (nSPS) is 16.2. The smallest absolute Gasteiger partial charge is 0.276 e. The Bertz CT molecular complexity index is 887. The number of hydrogen-bond acceptors (Lipinski definition) is 2. The zero-order valence-electron chi connectivity index (χ0n) is 11.4. The van der Waals surface area contributed by atoms with E-state index in [2.05, 4.69) is 16.9 Å². The molecule has 0 spiro atoms. The second kappa shape index (κ2) is 4.23. The standard InChI is InChI=1S/C15H15N3O2/c1-4-18-9(3)16-13(15(18)20)12-10-7-8(2)5-6-11(10)17-14(12)19/h5-7,16H,3-4H2,1-2H3,(H,17,19)/b13-12-. The summed E-state index contributed by atoms with van der Waals surface area (Å²) in [5, 5.41) is 3.09. The molecule has 0 aliphatic carbocycles. The molecule has 20 heavy (non-hydrogen) atoms. The van der Waals surface area contributed by atoms with Gasteiger partial charge in [0.15, 0.2) is 0 Å². The van der Waals surface area contributed by atoms with E-state index in [1.54, 1.807) is 0 Å². The van der Waals surface area contributed by atoms with Gasteiger partial charge in [-0.3, -0.25) is 14.2 Å². The molecule has 0 atom stereocenters. The van der Waals surface area contributed by atoms with Crippen LogP contribution in [-0.2, 0) is 11.3 Å². The number of imidazole rings is 1. The molecule has 1 aliphatic rings. The van der Waals surface area contributed by atoms with Gasteiger partial charge in [-0.1, -0.05) is 18.2 Å². The predicted molar refractivity (Wildman–Crippen MR) is 77.8 cm³/mol. The first kappa shape index (κ1) is 12.5. The first-order chi connectivity index (χ1) is 9.52. The van der Waals surface area contributed by atoms with Crippen molar-refractivity contribution >= 4 is 23.7 Å². The number of aryl methyl sites for hydroxylation is 1. The van der Waals surface area contributed by atoms with E-state index in [0.717, 1.165) is 16.8 Å². The zero-order chi connectivity index (χ0) is 14.4. The van der Waals surface area contributed by atoms with Crippen LogP contribution in [0.4, 0.5) is 5.69 Å². The van der Waals surface area contributed by atoms with Crippen molar-refractivity contribution in [2.75, 3.05) is 5.32 Å². The molecule has 1 aromatic heterocycles. The molecule has 0 saturated heterocycles. The van der Waals surface area contributed by atoms with Gasteiger partial charge in [-0.15, -0.1) is 0 Å². The van der Waals surface area contributed by atoms with Crippen LogP contribution in [0.15, 0.2) is 23.0 Å². The molecule has 0 unspecified atom stereocenters. The highest BCUT2D eigenvalue weighted by atomic mass is 16.2. The van der Waals surface area contributed by atoms with Crippen molar-refractivity contribution in [1.29, 1.82) is 0 Å². The van der Waals surface area contributed by atoms with Gasteiger partial charge in [0, 0.05) is 17.8 Å². The fourth-order valence-corrected chi connectivity index (χ4v) is 2.56. The summed E-state index contributed by atoms with van der Waals surface area (Å²) in [4.78, 5) is 27.4. The van der Waals surface area contributed by atoms with E-state index in [-0.39, 0.29) is 11.5 Å². The number of rotatable bonds is 1. The van der Waals surface area contributed by atoms with E-state index in [4.69, 9.17) is 0 Å². The fraction of sp³-hybridized carbons (Fsp3) is 0.200. The average Bonchev–Trinajstić information content (AvgIpc) is 2.85. The van der Waals surface area contributed by atoms with E-state index < -0.39 is 0 Å². The molecule has 0 fully saturated rings. The minimum atomic E-state index is -0.257. The maximum atomic E-state index is 12.3. The molecule has 102 valence electrons. The molecule has 0 bridgehead atoms. The summed E-state index contributed by atoms with van der Waals surface area (Å²) in [6, 6.07) is 5.68. The molecule has 1 amide bonds. The second-order valence-corrected chi connectivity index (χ2v) is 4.87. The van der Waals surface area contributed by atoms with Crippen molar-refractivity contribution in [3.05, 3.63) is 50.5 Å². The van der Waals surface area contributed by atoms with Crippen LogP contribution < -0.4 is 21.7 Å². The summed E-state index contributed by atoms with van der Waals surface area (Å²) in [7, 11) is 0. The number of aromatic amines is 1. The Morgan fingerprint density at radius 3 is 2.70 bits per heavy atom. The SMILES string of the molecule is C=c1[nH]/c(=C2\C(=O)Nc3ccc(C)cc32)c(=O)n1CC. The quantitative estimate of drug-likeness (QED) is 0.769. The topological polar surface area (TPSA) is 66.9 Å². The zero-order valence-corrected chi connectivity index (χ0v) is 11.4. The average molecular weight is 269 g/mol. The van der Waals surface area contributed by atoms with Crippen LogP contribution >= 0.6 is 0 Å². The van der Waals surface area contributed by atoms with Crippen molar-refractivity contribution in [3.8, 4) is 0 Å². The van der Waals surface area contributed by atoms with Crippen molar-refractivity contribution in [1.82, 2.24) is 9.55 Å². The van der Waals surface area contributed by atoms with Gasteiger partial charge in [-0.25, -0.2) is 0 Å². The number of H-pyrrole nitrogens is 1. The number of hydrogen-bond donors (Lipinski definition) is 2. The highest BCUT2D eigenvalue weighted by Gasteiger charge is 2.26. The van der Waals surface area contributed by atoms with E-state index in [0.29, 0.717) is 22.9 Å². The molecule has 3 rings (SSSR count). The van der Waals surface area contributed by atoms with Crippen LogP contribution in [0.1, 0.15) is 18.1 Å². The molecule has 1 aliphatic heterocycles. The lowest BCUT2D eigenvalue weighted by Crippen LogP contribution is -2.33. The number of fused-ring (bicyclic) bond motifs is 1. The number of aromatic nitrogens is 2. The van der Waals surface area contributed by atoms with Crippen LogP contribution in [0.2, 0.25) is 0 Å². The number of carbonyl (C=O) groups is 1. The van der Waals surface area contributed by atoms with Crippen molar-refractivity contribution in [3.63, 3.8) is 0 Å². The van der Waals surface area contributed by atoms with Gasteiger partial charge in [-0.05, 0) is 26.0 Å². The number of amides is 1. The number of nitrogens with one attached hydrogen (secondary N) is 2. The van der Waals surface area contributed by atoms with Gasteiger partial charge in [0.1, 0.15) is 10.8 Å². The maximum Gasteiger partial charge on any atom is 0.276 e. The molecule has 2 aromatic rings. The lowest BCUT2D eigenvalue weighted by atomic mass is 10.0. The molecule has 0 saturated carbocycles. The summed E-state index contributed by atoms with van der Waals surface area (Å²) in [5.74, 6) is -0.257. The van der Waals surface area contributed by atoms with E-state index in [1.807, 2.05) is 32.0 Å². The number of nitrogens with zero attached hydrogens (tertiary/aromatic N) is 1. The van der Waals surface area contributed by atoms with Crippen LogP contribution in [0.25, 0.3) is 12.2 Å². The second-order valence-electron chi connectivity index (χ2n) is 4.87. The Morgan fingerprint density at radius 2 is 2.05 bits per heavy atom. The van der Waals surface area contributed by atoms with Gasteiger partial charge < -0.3 is 10.3 Å². The highest BCUT2D eigenvalue weighted by molar-refractivity contribution is 6.31. The molecular weight excluding hydrogens is 254 g/mol. The van der Waals surface area contributed by atoms with Crippen molar-refractivity contribution < 1.29 is 4.79 Å².